The van der Waals surface area contributed by atoms with Gasteiger partial charge in [0, 0.05) is 0 Å². The van der Waals surface area contributed by atoms with E-state index in [0.717, 1.165) is 0 Å². The second kappa shape index (κ2) is 4.60. The highest BCUT2D eigenvalue weighted by Gasteiger charge is 2.13. The molecule has 0 saturated carbocycles. The second-order valence-corrected chi connectivity index (χ2v) is 3.05. The number of aromatic nitrogens is 2. The maximum Gasteiger partial charge on any atom is 0.506 e. The van der Waals surface area contributed by atoms with Gasteiger partial charge in [0.2, 0.25) is 5.82 Å². The van der Waals surface area contributed by atoms with Crippen LogP contribution in [0.5, 0.6) is 0 Å². The molecule has 0 aliphatic heterocycles. The predicted octanol–water partition coefficient (Wildman–Crippen LogP) is 2.07. The molecular weight excluding hydrogens is 231 g/mol. The summed E-state index contributed by atoms with van der Waals surface area (Å²) in [5, 5.41) is 11.7. The first kappa shape index (κ1) is 11.1. The van der Waals surface area contributed by atoms with Gasteiger partial charge in [-0.1, -0.05) is 17.3 Å². The van der Waals surface area contributed by atoms with E-state index in [1.165, 1.54) is 18.2 Å². The molecule has 0 amide bonds. The Morgan fingerprint density at radius 1 is 1.47 bits per heavy atom. The first-order valence-corrected chi connectivity index (χ1v) is 4.60. The number of carbonyl (C=O) groups is 1. The topological polar surface area (TPSA) is 85.5 Å². The molecule has 2 aromatic rings. The molecule has 0 spiro atoms. The Hall–Kier alpha value is -2.44. The van der Waals surface area contributed by atoms with Crippen molar-refractivity contribution in [2.75, 3.05) is 0 Å². The highest BCUT2D eigenvalue weighted by Crippen LogP contribution is 2.20. The number of hydrogen-bond acceptors (Lipinski definition) is 5. The lowest BCUT2D eigenvalue weighted by Crippen LogP contribution is -2.01. The number of rotatable bonds is 3. The fraction of sp³-hybridized carbons (Fsp3) is 0.100. The van der Waals surface area contributed by atoms with Gasteiger partial charge in [0.15, 0.2) is 6.61 Å². The van der Waals surface area contributed by atoms with E-state index in [0.29, 0.717) is 0 Å². The van der Waals surface area contributed by atoms with Crippen molar-refractivity contribution in [3.05, 3.63) is 35.9 Å². The van der Waals surface area contributed by atoms with Crippen LogP contribution in [-0.2, 0) is 11.3 Å². The summed E-state index contributed by atoms with van der Waals surface area (Å²) in [4.78, 5) is 13.9. The van der Waals surface area contributed by atoms with Crippen LogP contribution in [0, 0.1) is 5.82 Å². The number of nitrogens with zero attached hydrogens (tertiary/aromatic N) is 2. The minimum absolute atomic E-state index is 0.0212. The Balaban J connectivity index is 2.18. The van der Waals surface area contributed by atoms with Gasteiger partial charge in [-0.05, 0) is 12.1 Å². The van der Waals surface area contributed by atoms with Gasteiger partial charge in [-0.2, -0.15) is 4.98 Å². The number of hydrogen-bond donors (Lipinski definition) is 1. The average Bonchev–Trinajstić information content (AvgIpc) is 2.75. The molecule has 0 radical (unpaired) electrons. The Kier molecular flexibility index (Phi) is 2.99. The monoisotopic (exact) mass is 238 g/mol. The standard InChI is InChI=1S/C10H7FN2O4/c11-7-4-2-1-3-6(7)9-12-8(13-17-9)5-16-10(14)15/h1-4H,5H2,(H,14,15). The van der Waals surface area contributed by atoms with Gasteiger partial charge in [0.1, 0.15) is 5.82 Å². The number of halogens is 1. The smallest absolute Gasteiger partial charge is 0.450 e. The lowest BCUT2D eigenvalue weighted by molar-refractivity contribution is 0.0824. The molecule has 0 unspecified atom stereocenters. The van der Waals surface area contributed by atoms with Crippen LogP contribution in [0.15, 0.2) is 28.8 Å². The molecule has 1 aromatic carbocycles. The van der Waals surface area contributed by atoms with Gasteiger partial charge in [0.25, 0.3) is 5.89 Å². The van der Waals surface area contributed by atoms with E-state index in [1.807, 2.05) is 0 Å². The molecule has 88 valence electrons. The Labute approximate surface area is 94.6 Å². The Bertz CT molecular complexity index is 541. The summed E-state index contributed by atoms with van der Waals surface area (Å²) in [6.45, 7) is -0.340. The molecule has 0 aliphatic carbocycles. The van der Waals surface area contributed by atoms with Gasteiger partial charge in [-0.25, -0.2) is 9.18 Å². The summed E-state index contributed by atoms with van der Waals surface area (Å²) in [7, 11) is 0. The fourth-order valence-corrected chi connectivity index (χ4v) is 1.18. The summed E-state index contributed by atoms with van der Waals surface area (Å²) in [6.07, 6.45) is -1.44. The van der Waals surface area contributed by atoms with Gasteiger partial charge in [-0.15, -0.1) is 0 Å². The van der Waals surface area contributed by atoms with Crippen molar-refractivity contribution in [1.82, 2.24) is 10.1 Å². The van der Waals surface area contributed by atoms with Gasteiger partial charge >= 0.3 is 6.16 Å². The van der Waals surface area contributed by atoms with Crippen molar-refractivity contribution in [1.29, 1.82) is 0 Å². The first-order chi connectivity index (χ1) is 8.16. The average molecular weight is 238 g/mol. The summed E-state index contributed by atoms with van der Waals surface area (Å²) in [5.74, 6) is -0.486. The van der Waals surface area contributed by atoms with Crippen molar-refractivity contribution in [3.8, 4) is 11.5 Å². The summed E-state index contributed by atoms with van der Waals surface area (Å²) < 4.78 is 22.4. The van der Waals surface area contributed by atoms with Crippen LogP contribution < -0.4 is 0 Å². The van der Waals surface area contributed by atoms with E-state index in [2.05, 4.69) is 14.9 Å². The number of ether oxygens (including phenoxy) is 1. The molecule has 6 nitrogen and oxygen atoms in total. The summed E-state index contributed by atoms with van der Waals surface area (Å²) in [6, 6.07) is 5.89. The predicted molar refractivity (Wildman–Crippen MR) is 52.5 cm³/mol. The van der Waals surface area contributed by atoms with Crippen LogP contribution in [0.2, 0.25) is 0 Å². The van der Waals surface area contributed by atoms with Crippen LogP contribution in [0.25, 0.3) is 11.5 Å². The molecule has 1 aromatic heterocycles. The van der Waals surface area contributed by atoms with Gasteiger partial charge < -0.3 is 14.4 Å². The van der Waals surface area contributed by atoms with Crippen LogP contribution >= 0.6 is 0 Å². The van der Waals surface area contributed by atoms with E-state index in [1.54, 1.807) is 6.07 Å². The van der Waals surface area contributed by atoms with Crippen molar-refractivity contribution in [2.24, 2.45) is 0 Å². The third-order valence-electron chi connectivity index (χ3n) is 1.90. The van der Waals surface area contributed by atoms with Gasteiger partial charge in [-0.3, -0.25) is 0 Å². The normalized spacial score (nSPS) is 10.2. The van der Waals surface area contributed by atoms with Crippen molar-refractivity contribution >= 4 is 6.16 Å². The lowest BCUT2D eigenvalue weighted by Gasteiger charge is -1.94. The molecule has 0 fully saturated rings. The van der Waals surface area contributed by atoms with E-state index in [-0.39, 0.29) is 23.9 Å². The minimum Gasteiger partial charge on any atom is -0.450 e. The second-order valence-electron chi connectivity index (χ2n) is 3.05. The van der Waals surface area contributed by atoms with Crippen molar-refractivity contribution < 1.29 is 23.6 Å². The third-order valence-corrected chi connectivity index (χ3v) is 1.90. The Morgan fingerprint density at radius 2 is 2.24 bits per heavy atom. The maximum atomic E-state index is 13.3. The molecule has 0 aliphatic rings. The van der Waals surface area contributed by atoms with Gasteiger partial charge in [0.05, 0.1) is 5.56 Å². The third kappa shape index (κ3) is 2.57. The molecule has 1 heterocycles. The van der Waals surface area contributed by atoms with E-state index < -0.39 is 12.0 Å². The summed E-state index contributed by atoms with van der Waals surface area (Å²) in [5.41, 5.74) is 0.154. The molecule has 1 N–H and O–H groups in total. The van der Waals surface area contributed by atoms with E-state index in [4.69, 9.17) is 9.63 Å². The van der Waals surface area contributed by atoms with Crippen LogP contribution in [-0.4, -0.2) is 21.4 Å². The highest BCUT2D eigenvalue weighted by molar-refractivity contribution is 5.56. The maximum absolute atomic E-state index is 13.3. The van der Waals surface area contributed by atoms with E-state index in [9.17, 15) is 9.18 Å². The number of carboxylic acid groups (broad SMARTS) is 1. The lowest BCUT2D eigenvalue weighted by atomic mass is 10.2. The molecule has 0 atom stereocenters. The van der Waals surface area contributed by atoms with Crippen LogP contribution in [0.4, 0.5) is 9.18 Å². The Morgan fingerprint density at radius 3 is 2.94 bits per heavy atom. The SMILES string of the molecule is O=C(O)OCc1noc(-c2ccccc2F)n1. The molecule has 2 rings (SSSR count). The van der Waals surface area contributed by atoms with Crippen LogP contribution in [0.3, 0.4) is 0 Å². The number of benzene rings is 1. The molecule has 0 saturated heterocycles. The summed E-state index contributed by atoms with van der Waals surface area (Å²) >= 11 is 0. The first-order valence-electron chi connectivity index (χ1n) is 4.60. The zero-order chi connectivity index (χ0) is 12.3. The zero-order valence-electron chi connectivity index (χ0n) is 8.46. The van der Waals surface area contributed by atoms with Crippen molar-refractivity contribution in [3.63, 3.8) is 0 Å². The molecule has 7 heteroatoms. The van der Waals surface area contributed by atoms with E-state index >= 15 is 0 Å². The molecular formula is C10H7FN2O4. The fourth-order valence-electron chi connectivity index (χ4n) is 1.18. The van der Waals surface area contributed by atoms with Crippen molar-refractivity contribution in [2.45, 2.75) is 6.61 Å². The quantitative estimate of drug-likeness (QED) is 0.824. The largest absolute Gasteiger partial charge is 0.506 e. The minimum atomic E-state index is -1.44. The molecule has 0 bridgehead atoms. The van der Waals surface area contributed by atoms with Crippen LogP contribution in [0.1, 0.15) is 5.82 Å². The highest BCUT2D eigenvalue weighted by atomic mass is 19.1. The zero-order valence-corrected chi connectivity index (χ0v) is 8.46. The molecule has 17 heavy (non-hydrogen) atoms.